The van der Waals surface area contributed by atoms with Gasteiger partial charge in [0, 0.05) is 33.0 Å². The lowest BCUT2D eigenvalue weighted by Crippen LogP contribution is -2.38. The van der Waals surface area contributed by atoms with E-state index < -0.39 is 0 Å². The van der Waals surface area contributed by atoms with Crippen molar-refractivity contribution >= 4 is 0 Å². The van der Waals surface area contributed by atoms with E-state index in [2.05, 4.69) is 30.2 Å². The van der Waals surface area contributed by atoms with Crippen molar-refractivity contribution < 1.29 is 14.0 Å². The maximum absolute atomic E-state index is 5.78. The second-order valence-corrected chi connectivity index (χ2v) is 5.44. The molecule has 1 saturated heterocycles. The van der Waals surface area contributed by atoms with Gasteiger partial charge in [0.25, 0.3) is 0 Å². The Bertz CT molecular complexity index is 613. The molecule has 3 heterocycles. The van der Waals surface area contributed by atoms with Crippen molar-refractivity contribution in [3.63, 3.8) is 0 Å². The normalized spacial score (nSPS) is 19.3. The molecule has 0 spiro atoms. The van der Waals surface area contributed by atoms with E-state index in [9.17, 15) is 0 Å². The predicted molar refractivity (Wildman–Crippen MR) is 79.6 cm³/mol. The quantitative estimate of drug-likeness (QED) is 0.787. The first kappa shape index (κ1) is 16.0. The number of methoxy groups -OCH3 is 1. The van der Waals surface area contributed by atoms with Crippen LogP contribution in [0.3, 0.4) is 0 Å². The first-order chi connectivity index (χ1) is 11.3. The van der Waals surface area contributed by atoms with Gasteiger partial charge in [0.15, 0.2) is 11.6 Å². The van der Waals surface area contributed by atoms with Crippen molar-refractivity contribution in [1.29, 1.82) is 0 Å². The number of aromatic nitrogens is 5. The maximum atomic E-state index is 5.78. The number of hydrogen-bond donors (Lipinski definition) is 1. The van der Waals surface area contributed by atoms with Gasteiger partial charge in [0.05, 0.1) is 19.8 Å². The van der Waals surface area contributed by atoms with Crippen molar-refractivity contribution in [3.8, 4) is 0 Å². The molecule has 0 aromatic carbocycles. The summed E-state index contributed by atoms with van der Waals surface area (Å²) in [6.45, 7) is 5.38. The number of aryl methyl sites for hydroxylation is 1. The number of morpholine rings is 1. The lowest BCUT2D eigenvalue weighted by molar-refractivity contribution is -0.0396. The molecule has 0 amide bonds. The van der Waals surface area contributed by atoms with Gasteiger partial charge in [0.2, 0.25) is 5.89 Å². The molecule has 0 bridgehead atoms. The Hall–Kier alpha value is -1.84. The van der Waals surface area contributed by atoms with Gasteiger partial charge < -0.3 is 14.0 Å². The summed E-state index contributed by atoms with van der Waals surface area (Å²) in [4.78, 5) is 11.0. The summed E-state index contributed by atoms with van der Waals surface area (Å²) in [5.41, 5.74) is 0. The molecule has 0 saturated carbocycles. The second-order valence-electron chi connectivity index (χ2n) is 5.44. The fraction of sp³-hybridized carbons (Fsp3) is 0.714. The summed E-state index contributed by atoms with van der Waals surface area (Å²) >= 11 is 0. The molecule has 23 heavy (non-hydrogen) atoms. The van der Waals surface area contributed by atoms with Gasteiger partial charge in [-0.25, -0.2) is 4.98 Å². The van der Waals surface area contributed by atoms with Crippen LogP contribution in [0.25, 0.3) is 0 Å². The maximum Gasteiger partial charge on any atom is 0.240 e. The molecule has 1 aliphatic heterocycles. The summed E-state index contributed by atoms with van der Waals surface area (Å²) in [7, 11) is 1.65. The Balaban J connectivity index is 1.57. The Labute approximate surface area is 134 Å². The summed E-state index contributed by atoms with van der Waals surface area (Å²) in [6.07, 6.45) is 1.36. The molecular formula is C14H22N6O3. The van der Waals surface area contributed by atoms with Crippen LogP contribution in [0.5, 0.6) is 0 Å². The summed E-state index contributed by atoms with van der Waals surface area (Å²) < 4.78 is 16.1. The Kier molecular flexibility index (Phi) is 5.31. The fourth-order valence-electron chi connectivity index (χ4n) is 2.46. The van der Waals surface area contributed by atoms with Crippen LogP contribution in [-0.4, -0.2) is 63.6 Å². The minimum Gasteiger partial charge on any atom is -0.384 e. The van der Waals surface area contributed by atoms with E-state index in [1.807, 2.05) is 6.92 Å². The standard InChI is InChI=1S/C14H22N6O3/c1-3-11-16-14(18-17-11)10-8-20(5-7-22-10)9-13-15-12(19-23-13)4-6-21-2/h10H,3-9H2,1-2H3,(H,16,17,18)/t10-/m0/s1. The van der Waals surface area contributed by atoms with E-state index in [1.165, 1.54) is 0 Å². The van der Waals surface area contributed by atoms with E-state index in [4.69, 9.17) is 14.0 Å². The highest BCUT2D eigenvalue weighted by Crippen LogP contribution is 2.20. The van der Waals surface area contributed by atoms with Gasteiger partial charge in [-0.05, 0) is 0 Å². The molecule has 0 unspecified atom stereocenters. The summed E-state index contributed by atoms with van der Waals surface area (Å²) in [5.74, 6) is 2.87. The Morgan fingerprint density at radius 1 is 1.39 bits per heavy atom. The predicted octanol–water partition coefficient (Wildman–Crippen LogP) is 0.513. The van der Waals surface area contributed by atoms with Crippen LogP contribution in [0.4, 0.5) is 0 Å². The average molecular weight is 322 g/mol. The lowest BCUT2D eigenvalue weighted by Gasteiger charge is -2.30. The summed E-state index contributed by atoms with van der Waals surface area (Å²) in [6, 6.07) is 0. The molecule has 9 nitrogen and oxygen atoms in total. The van der Waals surface area contributed by atoms with Gasteiger partial charge in [-0.15, -0.1) is 0 Å². The number of aromatic amines is 1. The van der Waals surface area contributed by atoms with Crippen LogP contribution in [0.1, 0.15) is 36.4 Å². The van der Waals surface area contributed by atoms with Gasteiger partial charge in [0.1, 0.15) is 11.9 Å². The van der Waals surface area contributed by atoms with Crippen molar-refractivity contribution in [2.75, 3.05) is 33.4 Å². The molecule has 1 atom stereocenters. The van der Waals surface area contributed by atoms with E-state index >= 15 is 0 Å². The average Bonchev–Trinajstić information content (AvgIpc) is 3.22. The van der Waals surface area contributed by atoms with Gasteiger partial charge in [-0.2, -0.15) is 10.1 Å². The molecule has 9 heteroatoms. The fourth-order valence-corrected chi connectivity index (χ4v) is 2.46. The second kappa shape index (κ2) is 7.62. The number of H-pyrrole nitrogens is 1. The zero-order valence-corrected chi connectivity index (χ0v) is 13.5. The third-order valence-corrected chi connectivity index (χ3v) is 3.72. The Morgan fingerprint density at radius 2 is 2.30 bits per heavy atom. The van der Waals surface area contributed by atoms with E-state index in [1.54, 1.807) is 7.11 Å². The minimum absolute atomic E-state index is 0.129. The highest BCUT2D eigenvalue weighted by atomic mass is 16.5. The number of hydrogen-bond acceptors (Lipinski definition) is 8. The number of nitrogens with zero attached hydrogens (tertiary/aromatic N) is 5. The molecule has 2 aromatic rings. The minimum atomic E-state index is -0.129. The molecule has 1 aliphatic rings. The molecule has 2 aromatic heterocycles. The Morgan fingerprint density at radius 3 is 3.09 bits per heavy atom. The third-order valence-electron chi connectivity index (χ3n) is 3.72. The number of rotatable bonds is 7. The van der Waals surface area contributed by atoms with Gasteiger partial charge in [-0.1, -0.05) is 12.1 Å². The van der Waals surface area contributed by atoms with E-state index in [0.717, 1.165) is 18.8 Å². The van der Waals surface area contributed by atoms with Crippen LogP contribution < -0.4 is 0 Å². The van der Waals surface area contributed by atoms with Crippen molar-refractivity contribution in [2.45, 2.75) is 32.4 Å². The van der Waals surface area contributed by atoms with Crippen molar-refractivity contribution in [1.82, 2.24) is 30.2 Å². The number of nitrogens with one attached hydrogen (secondary N) is 1. The largest absolute Gasteiger partial charge is 0.384 e. The van der Waals surface area contributed by atoms with Crippen LogP contribution >= 0.6 is 0 Å². The van der Waals surface area contributed by atoms with Crippen LogP contribution in [0.2, 0.25) is 0 Å². The lowest BCUT2D eigenvalue weighted by atomic mass is 10.2. The molecule has 3 rings (SSSR count). The van der Waals surface area contributed by atoms with Crippen LogP contribution in [0.15, 0.2) is 4.52 Å². The SMILES string of the molecule is CCc1nc([C@@H]2CN(Cc3nc(CCOC)no3)CCO2)n[nH]1. The van der Waals surface area contributed by atoms with E-state index in [-0.39, 0.29) is 6.10 Å². The molecule has 1 N–H and O–H groups in total. The zero-order chi connectivity index (χ0) is 16.1. The zero-order valence-electron chi connectivity index (χ0n) is 13.5. The van der Waals surface area contributed by atoms with Gasteiger partial charge >= 0.3 is 0 Å². The first-order valence-electron chi connectivity index (χ1n) is 7.84. The smallest absolute Gasteiger partial charge is 0.240 e. The van der Waals surface area contributed by atoms with E-state index in [0.29, 0.717) is 50.3 Å². The molecular weight excluding hydrogens is 300 g/mol. The van der Waals surface area contributed by atoms with Crippen molar-refractivity contribution in [3.05, 3.63) is 23.4 Å². The molecule has 0 radical (unpaired) electrons. The van der Waals surface area contributed by atoms with Crippen molar-refractivity contribution in [2.24, 2.45) is 0 Å². The molecule has 126 valence electrons. The number of ether oxygens (including phenoxy) is 2. The highest BCUT2D eigenvalue weighted by Gasteiger charge is 2.26. The molecule has 1 fully saturated rings. The van der Waals surface area contributed by atoms with Crippen LogP contribution in [-0.2, 0) is 28.9 Å². The van der Waals surface area contributed by atoms with Gasteiger partial charge in [-0.3, -0.25) is 10.00 Å². The third kappa shape index (κ3) is 4.12. The van der Waals surface area contributed by atoms with Crippen LogP contribution in [0, 0.1) is 0 Å². The molecule has 0 aliphatic carbocycles. The monoisotopic (exact) mass is 322 g/mol. The highest BCUT2D eigenvalue weighted by molar-refractivity contribution is 4.97. The topological polar surface area (TPSA) is 102 Å². The summed E-state index contributed by atoms with van der Waals surface area (Å²) in [5, 5.41) is 11.1. The first-order valence-corrected chi connectivity index (χ1v) is 7.84.